The zero-order valence-electron chi connectivity index (χ0n) is 16.7. The van der Waals surface area contributed by atoms with E-state index in [9.17, 15) is 9.59 Å². The van der Waals surface area contributed by atoms with E-state index in [-0.39, 0.29) is 11.8 Å². The normalized spacial score (nSPS) is 10.4. The summed E-state index contributed by atoms with van der Waals surface area (Å²) in [5, 5.41) is 5.74. The van der Waals surface area contributed by atoms with Crippen molar-refractivity contribution in [3.63, 3.8) is 0 Å². The number of carbonyl (C=O) groups is 2. The molecule has 0 heterocycles. The number of amides is 2. The van der Waals surface area contributed by atoms with Crippen LogP contribution in [0.5, 0.6) is 0 Å². The molecule has 6 N–H and O–H groups in total. The van der Waals surface area contributed by atoms with Gasteiger partial charge in [0, 0.05) is 29.0 Å². The standard InChI is InChI=1S/C24H26N4O2/c25-15-13-17-3-11-22(12-4-17)28-24(30)20-7-5-19(6-8-20)23(29)27-16-14-18-1-9-21(26)10-2-18/h1-12H,13-16,25-26H2,(H,27,29)(H,28,30). The summed E-state index contributed by atoms with van der Waals surface area (Å²) >= 11 is 0. The molecule has 0 bridgehead atoms. The fraction of sp³-hybridized carbons (Fsp3) is 0.167. The number of nitrogen functional groups attached to an aromatic ring is 1. The number of benzene rings is 3. The zero-order valence-corrected chi connectivity index (χ0v) is 16.7. The van der Waals surface area contributed by atoms with Gasteiger partial charge in [0.2, 0.25) is 0 Å². The SMILES string of the molecule is NCCc1ccc(NC(=O)c2ccc(C(=O)NCCc3ccc(N)cc3)cc2)cc1. The van der Waals surface area contributed by atoms with Crippen LogP contribution in [0.3, 0.4) is 0 Å². The van der Waals surface area contributed by atoms with Crippen LogP contribution in [0.1, 0.15) is 31.8 Å². The van der Waals surface area contributed by atoms with Crippen LogP contribution < -0.4 is 22.1 Å². The van der Waals surface area contributed by atoms with E-state index in [1.165, 1.54) is 0 Å². The molecule has 3 aromatic carbocycles. The molecule has 0 radical (unpaired) electrons. The lowest BCUT2D eigenvalue weighted by molar-refractivity contribution is 0.0952. The van der Waals surface area contributed by atoms with Crippen molar-refractivity contribution < 1.29 is 9.59 Å². The molecular weight excluding hydrogens is 376 g/mol. The second-order valence-electron chi connectivity index (χ2n) is 7.01. The smallest absolute Gasteiger partial charge is 0.255 e. The average molecular weight is 402 g/mol. The zero-order chi connectivity index (χ0) is 21.3. The Kier molecular flexibility index (Phi) is 7.19. The first-order chi connectivity index (χ1) is 14.5. The van der Waals surface area contributed by atoms with Crippen molar-refractivity contribution in [1.29, 1.82) is 0 Å². The summed E-state index contributed by atoms with van der Waals surface area (Å²) in [5.74, 6) is -0.398. The van der Waals surface area contributed by atoms with Crippen molar-refractivity contribution in [3.05, 3.63) is 95.1 Å². The molecule has 6 nitrogen and oxygen atoms in total. The lowest BCUT2D eigenvalue weighted by Gasteiger charge is -2.08. The van der Waals surface area contributed by atoms with Gasteiger partial charge in [-0.1, -0.05) is 24.3 Å². The van der Waals surface area contributed by atoms with Crippen molar-refractivity contribution in [2.24, 2.45) is 5.73 Å². The number of carbonyl (C=O) groups excluding carboxylic acids is 2. The van der Waals surface area contributed by atoms with Gasteiger partial charge in [-0.05, 0) is 79.0 Å². The van der Waals surface area contributed by atoms with Gasteiger partial charge in [-0.15, -0.1) is 0 Å². The second kappa shape index (κ2) is 10.2. The highest BCUT2D eigenvalue weighted by Gasteiger charge is 2.09. The maximum Gasteiger partial charge on any atom is 0.255 e. The molecule has 0 aliphatic rings. The Balaban J connectivity index is 1.51. The molecule has 0 saturated carbocycles. The van der Waals surface area contributed by atoms with Crippen molar-refractivity contribution in [3.8, 4) is 0 Å². The fourth-order valence-corrected chi connectivity index (χ4v) is 3.00. The van der Waals surface area contributed by atoms with Crippen LogP contribution >= 0.6 is 0 Å². The van der Waals surface area contributed by atoms with Crippen LogP contribution in [0.4, 0.5) is 11.4 Å². The topological polar surface area (TPSA) is 110 Å². The molecule has 0 fully saturated rings. The van der Waals surface area contributed by atoms with E-state index >= 15 is 0 Å². The quantitative estimate of drug-likeness (QED) is 0.434. The number of nitrogens with one attached hydrogen (secondary N) is 2. The van der Waals surface area contributed by atoms with Gasteiger partial charge >= 0.3 is 0 Å². The van der Waals surface area contributed by atoms with Gasteiger partial charge in [-0.2, -0.15) is 0 Å². The van der Waals surface area contributed by atoms with Crippen LogP contribution in [0.2, 0.25) is 0 Å². The summed E-state index contributed by atoms with van der Waals surface area (Å²) in [6.45, 7) is 1.11. The van der Waals surface area contributed by atoms with Crippen molar-refractivity contribution in [2.45, 2.75) is 12.8 Å². The first-order valence-electron chi connectivity index (χ1n) is 9.88. The number of anilines is 2. The van der Waals surface area contributed by atoms with E-state index in [1.54, 1.807) is 24.3 Å². The summed E-state index contributed by atoms with van der Waals surface area (Å²) in [6, 6.07) is 21.8. The molecule has 2 amide bonds. The van der Waals surface area contributed by atoms with Crippen molar-refractivity contribution in [2.75, 3.05) is 24.1 Å². The second-order valence-corrected chi connectivity index (χ2v) is 7.01. The summed E-state index contributed by atoms with van der Waals surface area (Å²) in [5.41, 5.74) is 15.9. The summed E-state index contributed by atoms with van der Waals surface area (Å²) in [4.78, 5) is 24.7. The van der Waals surface area contributed by atoms with Gasteiger partial charge in [-0.3, -0.25) is 9.59 Å². The molecule has 6 heteroatoms. The molecule has 3 rings (SSSR count). The minimum atomic E-state index is -0.225. The number of hydrogen-bond donors (Lipinski definition) is 4. The maximum absolute atomic E-state index is 12.4. The average Bonchev–Trinajstić information content (AvgIpc) is 2.76. The molecule has 30 heavy (non-hydrogen) atoms. The Morgan fingerprint density at radius 3 is 1.83 bits per heavy atom. The van der Waals surface area contributed by atoms with Crippen molar-refractivity contribution in [1.82, 2.24) is 5.32 Å². The molecule has 0 unspecified atom stereocenters. The first-order valence-corrected chi connectivity index (χ1v) is 9.88. The number of nitrogens with two attached hydrogens (primary N) is 2. The lowest BCUT2D eigenvalue weighted by Crippen LogP contribution is -2.25. The first kappa shape index (κ1) is 21.1. The highest BCUT2D eigenvalue weighted by atomic mass is 16.2. The summed E-state index contributed by atoms with van der Waals surface area (Å²) in [7, 11) is 0. The molecule has 0 saturated heterocycles. The summed E-state index contributed by atoms with van der Waals surface area (Å²) in [6.07, 6.45) is 1.52. The minimum absolute atomic E-state index is 0.173. The third-order valence-electron chi connectivity index (χ3n) is 4.73. The predicted octanol–water partition coefficient (Wildman–Crippen LogP) is 2.99. The Labute approximate surface area is 176 Å². The molecule has 3 aromatic rings. The highest BCUT2D eigenvalue weighted by Crippen LogP contribution is 2.13. The third-order valence-corrected chi connectivity index (χ3v) is 4.73. The fourth-order valence-electron chi connectivity index (χ4n) is 3.00. The van der Waals surface area contributed by atoms with E-state index in [4.69, 9.17) is 11.5 Å². The molecular formula is C24H26N4O2. The highest BCUT2D eigenvalue weighted by molar-refractivity contribution is 6.05. The van der Waals surface area contributed by atoms with Crippen LogP contribution in [0, 0.1) is 0 Å². The largest absolute Gasteiger partial charge is 0.399 e. The van der Waals surface area contributed by atoms with Gasteiger partial charge in [-0.25, -0.2) is 0 Å². The van der Waals surface area contributed by atoms with Crippen LogP contribution in [0.15, 0.2) is 72.8 Å². The van der Waals surface area contributed by atoms with E-state index in [1.807, 2.05) is 48.5 Å². The van der Waals surface area contributed by atoms with E-state index < -0.39 is 0 Å². The Hall–Kier alpha value is -3.64. The van der Waals surface area contributed by atoms with E-state index in [0.717, 1.165) is 29.7 Å². The van der Waals surface area contributed by atoms with Crippen LogP contribution in [-0.4, -0.2) is 24.9 Å². The van der Waals surface area contributed by atoms with Crippen LogP contribution in [-0.2, 0) is 12.8 Å². The van der Waals surface area contributed by atoms with Crippen molar-refractivity contribution >= 4 is 23.2 Å². The Bertz CT molecular complexity index is 981. The van der Waals surface area contributed by atoms with E-state index in [0.29, 0.717) is 29.9 Å². The van der Waals surface area contributed by atoms with Gasteiger partial charge in [0.05, 0.1) is 0 Å². The maximum atomic E-state index is 12.4. The molecule has 0 aromatic heterocycles. The summed E-state index contributed by atoms with van der Waals surface area (Å²) < 4.78 is 0. The van der Waals surface area contributed by atoms with Gasteiger partial charge < -0.3 is 22.1 Å². The lowest BCUT2D eigenvalue weighted by atomic mass is 10.1. The molecule has 0 aliphatic heterocycles. The molecule has 0 spiro atoms. The minimum Gasteiger partial charge on any atom is -0.399 e. The monoisotopic (exact) mass is 402 g/mol. The predicted molar refractivity (Wildman–Crippen MR) is 120 cm³/mol. The van der Waals surface area contributed by atoms with Gasteiger partial charge in [0.25, 0.3) is 11.8 Å². The van der Waals surface area contributed by atoms with E-state index in [2.05, 4.69) is 10.6 Å². The van der Waals surface area contributed by atoms with Gasteiger partial charge in [0.15, 0.2) is 0 Å². The number of hydrogen-bond acceptors (Lipinski definition) is 4. The Morgan fingerprint density at radius 2 is 1.23 bits per heavy atom. The molecule has 0 atom stereocenters. The number of rotatable bonds is 8. The van der Waals surface area contributed by atoms with Crippen LogP contribution in [0.25, 0.3) is 0 Å². The molecule has 0 aliphatic carbocycles. The van der Waals surface area contributed by atoms with Gasteiger partial charge in [0.1, 0.15) is 0 Å². The Morgan fingerprint density at radius 1 is 0.700 bits per heavy atom. The molecule has 154 valence electrons. The third kappa shape index (κ3) is 5.93.